The number of hydrogen-bond acceptors (Lipinski definition) is 6. The van der Waals surface area contributed by atoms with E-state index in [0.29, 0.717) is 5.75 Å². The van der Waals surface area contributed by atoms with Crippen molar-refractivity contribution >= 4 is 35.5 Å². The molecular formula is C18H33N3O6S. The van der Waals surface area contributed by atoms with Crippen molar-refractivity contribution in [3.8, 4) is 0 Å². The maximum Gasteiger partial charge on any atom is 0.322 e. The van der Waals surface area contributed by atoms with Gasteiger partial charge in [-0.2, -0.15) is 11.8 Å². The van der Waals surface area contributed by atoms with Crippen LogP contribution >= 0.6 is 11.8 Å². The Morgan fingerprint density at radius 2 is 1.68 bits per heavy atom. The number of carboxylic acids is 2. The third kappa shape index (κ3) is 14.3. The van der Waals surface area contributed by atoms with E-state index < -0.39 is 42.4 Å². The van der Waals surface area contributed by atoms with E-state index in [0.717, 1.165) is 18.6 Å². The fraction of sp³-hybridized carbons (Fsp3) is 0.778. The first-order valence-electron chi connectivity index (χ1n) is 9.62. The minimum absolute atomic E-state index is 0.0461. The topological polar surface area (TPSA) is 159 Å². The molecule has 0 aliphatic heterocycles. The molecule has 0 aromatic carbocycles. The van der Waals surface area contributed by atoms with Gasteiger partial charge in [-0.05, 0) is 18.6 Å². The summed E-state index contributed by atoms with van der Waals surface area (Å²) in [6, 6.07) is -2.02. The van der Waals surface area contributed by atoms with E-state index in [4.69, 9.17) is 15.9 Å². The lowest BCUT2D eigenvalue weighted by molar-refractivity contribution is -0.139. The molecule has 0 aromatic heterocycles. The van der Waals surface area contributed by atoms with Crippen molar-refractivity contribution in [3.05, 3.63) is 0 Å². The minimum atomic E-state index is -1.20. The van der Waals surface area contributed by atoms with Gasteiger partial charge in [0.2, 0.25) is 11.8 Å². The predicted octanol–water partition coefficient (Wildman–Crippen LogP) is 0.958. The van der Waals surface area contributed by atoms with Crippen molar-refractivity contribution in [1.29, 1.82) is 0 Å². The lowest BCUT2D eigenvalue weighted by Gasteiger charge is -2.18. The number of hydrogen-bond donors (Lipinski definition) is 5. The van der Waals surface area contributed by atoms with E-state index in [1.165, 1.54) is 37.4 Å². The molecule has 0 heterocycles. The van der Waals surface area contributed by atoms with Crippen LogP contribution in [0, 0.1) is 0 Å². The lowest BCUT2D eigenvalue weighted by Crippen LogP contribution is -2.49. The Balaban J connectivity index is 4.37. The van der Waals surface area contributed by atoms with Gasteiger partial charge in [-0.25, -0.2) is 0 Å². The van der Waals surface area contributed by atoms with E-state index in [2.05, 4.69) is 17.6 Å². The molecule has 0 aliphatic rings. The van der Waals surface area contributed by atoms with E-state index in [1.807, 2.05) is 0 Å². The van der Waals surface area contributed by atoms with Crippen LogP contribution in [0.15, 0.2) is 0 Å². The zero-order valence-corrected chi connectivity index (χ0v) is 17.3. The Kier molecular flexibility index (Phi) is 15.1. The summed E-state index contributed by atoms with van der Waals surface area (Å²) in [5.41, 5.74) is 5.37. The van der Waals surface area contributed by atoms with Gasteiger partial charge < -0.3 is 26.6 Å². The Bertz CT molecular complexity index is 504. The molecule has 28 heavy (non-hydrogen) atoms. The summed E-state index contributed by atoms with van der Waals surface area (Å²) >= 11 is 1.52. The zero-order valence-electron chi connectivity index (χ0n) is 16.4. The first-order valence-corrected chi connectivity index (χ1v) is 10.8. The van der Waals surface area contributed by atoms with Crippen molar-refractivity contribution in [1.82, 2.24) is 10.6 Å². The summed E-state index contributed by atoms with van der Waals surface area (Å²) in [6.45, 7) is 1.63. The number of amides is 2. The third-order valence-electron chi connectivity index (χ3n) is 3.99. The average molecular weight is 420 g/mol. The van der Waals surface area contributed by atoms with Crippen LogP contribution in [0.25, 0.3) is 0 Å². The fourth-order valence-corrected chi connectivity index (χ4v) is 3.38. The van der Waals surface area contributed by atoms with Crippen LogP contribution in [0.3, 0.4) is 0 Å². The first-order chi connectivity index (χ1) is 13.3. The van der Waals surface area contributed by atoms with Gasteiger partial charge in [0.15, 0.2) is 0 Å². The Morgan fingerprint density at radius 3 is 2.29 bits per heavy atom. The number of nitrogens with one attached hydrogen (secondary N) is 2. The van der Waals surface area contributed by atoms with Crippen LogP contribution in [-0.4, -0.2) is 64.1 Å². The monoisotopic (exact) mass is 419 g/mol. The molecule has 0 unspecified atom stereocenters. The van der Waals surface area contributed by atoms with Gasteiger partial charge in [0.1, 0.15) is 18.6 Å². The van der Waals surface area contributed by atoms with Crippen LogP contribution in [-0.2, 0) is 19.2 Å². The Morgan fingerprint density at radius 1 is 1.04 bits per heavy atom. The number of carbonyl (C=O) groups excluding carboxylic acids is 2. The normalized spacial score (nSPS) is 12.8. The standard InChI is InChI=1S/C18H33N3O6S/c1-2-3-4-5-6-7-10-28-12-14(17(25)20-11-16(23)24)21-15(22)9-8-13(19)18(26)27/h13-14H,2-12,19H2,1H3,(H,20,25)(H,21,22)(H,23,24)(H,26,27)/t13-,14-/m0/s1. The molecule has 2 amide bonds. The highest BCUT2D eigenvalue weighted by atomic mass is 32.2. The molecule has 0 saturated heterocycles. The molecule has 0 bridgehead atoms. The zero-order chi connectivity index (χ0) is 21.4. The maximum absolute atomic E-state index is 12.1. The largest absolute Gasteiger partial charge is 0.480 e. The average Bonchev–Trinajstić information content (AvgIpc) is 2.64. The summed E-state index contributed by atoms with van der Waals surface area (Å²) in [7, 11) is 0. The summed E-state index contributed by atoms with van der Waals surface area (Å²) in [5, 5.41) is 22.2. The van der Waals surface area contributed by atoms with Crippen molar-refractivity contribution in [2.24, 2.45) is 5.73 Å². The number of nitrogens with two attached hydrogens (primary N) is 1. The highest BCUT2D eigenvalue weighted by Crippen LogP contribution is 2.11. The molecule has 0 spiro atoms. The number of carboxylic acid groups (broad SMARTS) is 2. The van der Waals surface area contributed by atoms with Crippen LogP contribution < -0.4 is 16.4 Å². The van der Waals surface area contributed by atoms with Crippen LogP contribution in [0.4, 0.5) is 0 Å². The van der Waals surface area contributed by atoms with E-state index >= 15 is 0 Å². The van der Waals surface area contributed by atoms with Crippen molar-refractivity contribution in [2.75, 3.05) is 18.1 Å². The van der Waals surface area contributed by atoms with Crippen LogP contribution in [0.1, 0.15) is 58.3 Å². The highest BCUT2D eigenvalue weighted by molar-refractivity contribution is 7.99. The maximum atomic E-state index is 12.1. The number of thioether (sulfide) groups is 1. The second-order valence-electron chi connectivity index (χ2n) is 6.56. The van der Waals surface area contributed by atoms with Gasteiger partial charge in [-0.15, -0.1) is 0 Å². The molecule has 2 atom stereocenters. The molecule has 0 saturated carbocycles. The molecule has 0 aliphatic carbocycles. The van der Waals surface area contributed by atoms with Crippen LogP contribution in [0.2, 0.25) is 0 Å². The quantitative estimate of drug-likeness (QED) is 0.218. The fourth-order valence-electron chi connectivity index (χ4n) is 2.33. The van der Waals surface area contributed by atoms with E-state index in [-0.39, 0.29) is 12.8 Å². The van der Waals surface area contributed by atoms with Gasteiger partial charge in [0.05, 0.1) is 0 Å². The molecule has 0 fully saturated rings. The number of rotatable bonds is 17. The summed E-state index contributed by atoms with van der Waals surface area (Å²) in [4.78, 5) is 45.5. The Hall–Kier alpha value is -1.81. The molecule has 10 heteroatoms. The van der Waals surface area contributed by atoms with Gasteiger partial charge in [-0.3, -0.25) is 19.2 Å². The number of carbonyl (C=O) groups is 4. The second kappa shape index (κ2) is 16.2. The van der Waals surface area contributed by atoms with E-state index in [9.17, 15) is 19.2 Å². The number of aliphatic carboxylic acids is 2. The summed E-state index contributed by atoms with van der Waals surface area (Å²) < 4.78 is 0. The molecule has 0 aromatic rings. The summed E-state index contributed by atoms with van der Waals surface area (Å²) in [5.74, 6) is -2.28. The third-order valence-corrected chi connectivity index (χ3v) is 5.14. The van der Waals surface area contributed by atoms with E-state index in [1.54, 1.807) is 0 Å². The predicted molar refractivity (Wildman–Crippen MR) is 108 cm³/mol. The molecule has 9 nitrogen and oxygen atoms in total. The SMILES string of the molecule is CCCCCCCCSC[C@H](NC(=O)CC[C@H](N)C(=O)O)C(=O)NCC(=O)O. The highest BCUT2D eigenvalue weighted by Gasteiger charge is 2.22. The van der Waals surface area contributed by atoms with Gasteiger partial charge >= 0.3 is 11.9 Å². The molecule has 0 rings (SSSR count). The first kappa shape index (κ1) is 26.2. The van der Waals surface area contributed by atoms with Crippen molar-refractivity contribution < 1.29 is 29.4 Å². The van der Waals surface area contributed by atoms with Crippen LogP contribution in [0.5, 0.6) is 0 Å². The molecule has 6 N–H and O–H groups in total. The molecule has 0 radical (unpaired) electrons. The van der Waals surface area contributed by atoms with Gasteiger partial charge in [0, 0.05) is 12.2 Å². The minimum Gasteiger partial charge on any atom is -0.480 e. The van der Waals surface area contributed by atoms with Crippen molar-refractivity contribution in [2.45, 2.75) is 70.4 Å². The molecule has 162 valence electrons. The van der Waals surface area contributed by atoms with Crippen molar-refractivity contribution in [3.63, 3.8) is 0 Å². The summed E-state index contributed by atoms with van der Waals surface area (Å²) in [6.07, 6.45) is 6.78. The molecular weight excluding hydrogens is 386 g/mol. The second-order valence-corrected chi connectivity index (χ2v) is 7.71. The number of unbranched alkanes of at least 4 members (excludes halogenated alkanes) is 5. The van der Waals surface area contributed by atoms with Gasteiger partial charge in [0.25, 0.3) is 0 Å². The lowest BCUT2D eigenvalue weighted by atomic mass is 10.1. The van der Waals surface area contributed by atoms with Gasteiger partial charge in [-0.1, -0.05) is 39.0 Å². The Labute approximate surface area is 170 Å². The smallest absolute Gasteiger partial charge is 0.322 e.